The van der Waals surface area contributed by atoms with Crippen LogP contribution in [0, 0.1) is 5.41 Å². The van der Waals surface area contributed by atoms with Gasteiger partial charge in [0.25, 0.3) is 0 Å². The number of nitrogens with one attached hydrogen (secondary N) is 1. The van der Waals surface area contributed by atoms with Gasteiger partial charge in [-0.2, -0.15) is 0 Å². The molecule has 0 aliphatic carbocycles. The first kappa shape index (κ1) is 21.8. The standard InChI is InChI=1S/C23H28N2O5S/c1-3-4-8-11-28-13-17-12-23(19(26)29-17)15-22(2,30-20(23)27)18-14-31-21(25-18)24-16-9-6-5-7-10-16/h5-7,9-10,14,17H,3-4,8,11-13,15H2,1-2H3,(H,24,25)/t17-,22-,23-/m0/s1. The number of esters is 2. The summed E-state index contributed by atoms with van der Waals surface area (Å²) in [4.78, 5) is 30.2. The van der Waals surface area contributed by atoms with Crippen LogP contribution in [0.2, 0.25) is 0 Å². The molecular weight excluding hydrogens is 416 g/mol. The number of carbonyl (C=O) groups excluding carboxylic acids is 2. The molecule has 0 amide bonds. The molecule has 2 saturated heterocycles. The molecule has 3 atom stereocenters. The van der Waals surface area contributed by atoms with Gasteiger partial charge in [0.2, 0.25) is 0 Å². The highest BCUT2D eigenvalue weighted by Crippen LogP contribution is 2.52. The van der Waals surface area contributed by atoms with E-state index >= 15 is 0 Å². The van der Waals surface area contributed by atoms with Gasteiger partial charge in [0.1, 0.15) is 6.10 Å². The summed E-state index contributed by atoms with van der Waals surface area (Å²) in [6.07, 6.45) is 3.29. The predicted molar refractivity (Wildman–Crippen MR) is 117 cm³/mol. The third-order valence-electron chi connectivity index (χ3n) is 5.86. The van der Waals surface area contributed by atoms with E-state index in [-0.39, 0.29) is 12.8 Å². The molecular formula is C23H28N2O5S. The van der Waals surface area contributed by atoms with Gasteiger partial charge >= 0.3 is 11.9 Å². The lowest BCUT2D eigenvalue weighted by atomic mass is 9.78. The van der Waals surface area contributed by atoms with Gasteiger partial charge in [-0.1, -0.05) is 38.0 Å². The molecule has 3 heterocycles. The van der Waals surface area contributed by atoms with Gasteiger partial charge in [-0.25, -0.2) is 4.98 Å². The number of carbonyl (C=O) groups is 2. The van der Waals surface area contributed by atoms with Crippen molar-refractivity contribution in [1.29, 1.82) is 0 Å². The molecule has 1 aromatic carbocycles. The van der Waals surface area contributed by atoms with E-state index in [1.807, 2.05) is 42.6 Å². The molecule has 0 radical (unpaired) electrons. The lowest BCUT2D eigenvalue weighted by Gasteiger charge is -2.20. The lowest BCUT2D eigenvalue weighted by molar-refractivity contribution is -0.160. The van der Waals surface area contributed by atoms with Crippen molar-refractivity contribution in [3.05, 3.63) is 41.4 Å². The molecule has 0 saturated carbocycles. The predicted octanol–water partition coefficient (Wildman–Crippen LogP) is 4.56. The van der Waals surface area contributed by atoms with Crippen molar-refractivity contribution in [1.82, 2.24) is 4.98 Å². The van der Waals surface area contributed by atoms with Crippen LogP contribution < -0.4 is 5.32 Å². The summed E-state index contributed by atoms with van der Waals surface area (Å²) in [5.41, 5.74) is -0.689. The molecule has 1 aromatic heterocycles. The van der Waals surface area contributed by atoms with Crippen LogP contribution in [0.15, 0.2) is 35.7 Å². The number of benzene rings is 1. The third kappa shape index (κ3) is 4.45. The minimum Gasteiger partial charge on any atom is -0.459 e. The zero-order chi connectivity index (χ0) is 21.9. The summed E-state index contributed by atoms with van der Waals surface area (Å²) in [5.74, 6) is -1.04. The van der Waals surface area contributed by atoms with Crippen molar-refractivity contribution in [3.8, 4) is 0 Å². The van der Waals surface area contributed by atoms with Crippen LogP contribution in [-0.4, -0.2) is 36.2 Å². The SMILES string of the molecule is CCCCCOC[C@@H]1C[C@]2(C[C@@](C)(c3csc(Nc4ccccc4)n3)OC2=O)C(=O)O1. The zero-order valence-corrected chi connectivity index (χ0v) is 18.7. The second-order valence-corrected chi connectivity index (χ2v) is 9.28. The number of hydrogen-bond acceptors (Lipinski definition) is 8. The molecule has 0 unspecified atom stereocenters. The zero-order valence-electron chi connectivity index (χ0n) is 17.9. The molecule has 7 nitrogen and oxygen atoms in total. The van der Waals surface area contributed by atoms with E-state index in [1.54, 1.807) is 0 Å². The number of hydrogen-bond donors (Lipinski definition) is 1. The second kappa shape index (κ2) is 8.96. The first-order valence-corrected chi connectivity index (χ1v) is 11.6. The van der Waals surface area contributed by atoms with Gasteiger partial charge < -0.3 is 19.5 Å². The van der Waals surface area contributed by atoms with Gasteiger partial charge in [0.15, 0.2) is 16.1 Å². The van der Waals surface area contributed by atoms with Crippen LogP contribution in [0.25, 0.3) is 0 Å². The van der Waals surface area contributed by atoms with Crippen LogP contribution in [0.5, 0.6) is 0 Å². The number of nitrogens with zero attached hydrogens (tertiary/aromatic N) is 1. The monoisotopic (exact) mass is 444 g/mol. The number of rotatable bonds is 9. The molecule has 31 heavy (non-hydrogen) atoms. The van der Waals surface area contributed by atoms with Crippen LogP contribution in [0.4, 0.5) is 10.8 Å². The van der Waals surface area contributed by atoms with E-state index in [9.17, 15) is 9.59 Å². The van der Waals surface area contributed by atoms with E-state index in [0.29, 0.717) is 24.0 Å². The average Bonchev–Trinajstić information content (AvgIpc) is 3.41. The highest BCUT2D eigenvalue weighted by molar-refractivity contribution is 7.13. The summed E-state index contributed by atoms with van der Waals surface area (Å²) in [6.45, 7) is 4.88. The summed E-state index contributed by atoms with van der Waals surface area (Å²) in [7, 11) is 0. The maximum atomic E-state index is 12.9. The molecule has 166 valence electrons. The van der Waals surface area contributed by atoms with Gasteiger partial charge in [-0.3, -0.25) is 9.59 Å². The Bertz CT molecular complexity index is 933. The van der Waals surface area contributed by atoms with Crippen molar-refractivity contribution >= 4 is 34.1 Å². The normalized spacial score (nSPS) is 27.5. The molecule has 4 rings (SSSR count). The number of unbranched alkanes of at least 4 members (excludes halogenated alkanes) is 2. The van der Waals surface area contributed by atoms with Crippen molar-refractivity contribution < 1.29 is 23.8 Å². The maximum Gasteiger partial charge on any atom is 0.324 e. The van der Waals surface area contributed by atoms with Crippen LogP contribution in [0.1, 0.15) is 51.6 Å². The maximum absolute atomic E-state index is 12.9. The molecule has 2 aliphatic heterocycles. The van der Waals surface area contributed by atoms with Crippen LogP contribution >= 0.6 is 11.3 Å². The number of thiazole rings is 1. The first-order valence-electron chi connectivity index (χ1n) is 10.8. The molecule has 2 aliphatic rings. The minimum absolute atomic E-state index is 0.221. The number of anilines is 2. The van der Waals surface area contributed by atoms with Crippen molar-refractivity contribution in [3.63, 3.8) is 0 Å². The Morgan fingerprint density at radius 3 is 2.81 bits per heavy atom. The van der Waals surface area contributed by atoms with Gasteiger partial charge in [-0.05, 0) is 25.5 Å². The van der Waals surface area contributed by atoms with Crippen LogP contribution in [-0.2, 0) is 29.4 Å². The van der Waals surface area contributed by atoms with Crippen molar-refractivity contribution in [2.24, 2.45) is 5.41 Å². The van der Waals surface area contributed by atoms with Gasteiger partial charge in [0.05, 0.1) is 12.3 Å². The Morgan fingerprint density at radius 2 is 2.03 bits per heavy atom. The lowest BCUT2D eigenvalue weighted by Crippen LogP contribution is -2.32. The summed E-state index contributed by atoms with van der Waals surface area (Å²) >= 11 is 1.43. The smallest absolute Gasteiger partial charge is 0.324 e. The fourth-order valence-corrected chi connectivity index (χ4v) is 5.05. The average molecular weight is 445 g/mol. The molecule has 0 bridgehead atoms. The van der Waals surface area contributed by atoms with Crippen LogP contribution in [0.3, 0.4) is 0 Å². The van der Waals surface area contributed by atoms with E-state index in [1.165, 1.54) is 11.3 Å². The topological polar surface area (TPSA) is 86.8 Å². The molecule has 1 spiro atoms. The highest BCUT2D eigenvalue weighted by atomic mass is 32.1. The Hall–Kier alpha value is -2.45. The molecule has 2 fully saturated rings. The van der Waals surface area contributed by atoms with Gasteiger partial charge in [-0.15, -0.1) is 11.3 Å². The largest absolute Gasteiger partial charge is 0.459 e. The summed E-state index contributed by atoms with van der Waals surface area (Å²) < 4.78 is 16.9. The highest BCUT2D eigenvalue weighted by Gasteiger charge is 2.65. The van der Waals surface area contributed by atoms with Crippen molar-refractivity contribution in [2.75, 3.05) is 18.5 Å². The van der Waals surface area contributed by atoms with Crippen molar-refractivity contribution in [2.45, 2.75) is 57.7 Å². The molecule has 2 aromatic rings. The molecule has 1 N–H and O–H groups in total. The number of para-hydroxylation sites is 1. The molecule has 8 heteroatoms. The van der Waals surface area contributed by atoms with E-state index in [4.69, 9.17) is 14.2 Å². The Morgan fingerprint density at radius 1 is 1.23 bits per heavy atom. The van der Waals surface area contributed by atoms with E-state index < -0.39 is 29.1 Å². The fourth-order valence-electron chi connectivity index (χ4n) is 4.20. The first-order chi connectivity index (χ1) is 14.9. The third-order valence-corrected chi connectivity index (χ3v) is 6.61. The fraction of sp³-hybridized carbons (Fsp3) is 0.522. The number of cyclic esters (lactones) is 2. The number of aromatic nitrogens is 1. The number of ether oxygens (including phenoxy) is 3. The Labute approximate surface area is 186 Å². The quantitative estimate of drug-likeness (QED) is 0.345. The summed E-state index contributed by atoms with van der Waals surface area (Å²) in [6, 6.07) is 9.73. The second-order valence-electron chi connectivity index (χ2n) is 8.42. The Balaban J connectivity index is 1.42. The van der Waals surface area contributed by atoms with E-state index in [0.717, 1.165) is 24.9 Å². The minimum atomic E-state index is -1.27. The summed E-state index contributed by atoms with van der Waals surface area (Å²) in [5, 5.41) is 5.82. The van der Waals surface area contributed by atoms with Gasteiger partial charge in [0, 0.05) is 30.5 Å². The Kier molecular flexibility index (Phi) is 6.29. The van der Waals surface area contributed by atoms with E-state index in [2.05, 4.69) is 17.2 Å².